The van der Waals surface area contributed by atoms with Crippen molar-refractivity contribution in [2.75, 3.05) is 18.9 Å². The van der Waals surface area contributed by atoms with E-state index in [1.807, 2.05) is 6.07 Å². The highest BCUT2D eigenvalue weighted by atomic mass is 35.5. The Morgan fingerprint density at radius 3 is 2.82 bits per heavy atom. The van der Waals surface area contributed by atoms with Gasteiger partial charge in [-0.15, -0.1) is 0 Å². The molecule has 8 heteroatoms. The minimum Gasteiger partial charge on any atom is -0.383 e. The van der Waals surface area contributed by atoms with Crippen LogP contribution in [0.1, 0.15) is 18.0 Å². The number of rotatable bonds is 2. The van der Waals surface area contributed by atoms with Crippen LogP contribution in [0.4, 0.5) is 14.6 Å². The van der Waals surface area contributed by atoms with Crippen LogP contribution in [0.2, 0.25) is 5.02 Å². The summed E-state index contributed by atoms with van der Waals surface area (Å²) in [5, 5.41) is 13.1. The van der Waals surface area contributed by atoms with Gasteiger partial charge in [-0.25, -0.2) is 13.5 Å². The Labute approximate surface area is 129 Å². The maximum atomic E-state index is 14.1. The third kappa shape index (κ3) is 2.30. The molecule has 0 amide bonds. The molecule has 114 valence electrons. The Hall–Kier alpha value is -2.17. The highest BCUT2D eigenvalue weighted by Gasteiger charge is 2.26. The Kier molecular flexibility index (Phi) is 3.72. The third-order valence-corrected chi connectivity index (χ3v) is 3.87. The van der Waals surface area contributed by atoms with E-state index in [0.29, 0.717) is 19.6 Å². The second kappa shape index (κ2) is 5.55. The number of aromatic nitrogens is 2. The first-order chi connectivity index (χ1) is 10.5. The van der Waals surface area contributed by atoms with Crippen LogP contribution < -0.4 is 5.73 Å². The van der Waals surface area contributed by atoms with Crippen LogP contribution in [0.5, 0.6) is 0 Å². The van der Waals surface area contributed by atoms with Gasteiger partial charge in [0, 0.05) is 12.2 Å². The minimum absolute atomic E-state index is 0.0000309. The van der Waals surface area contributed by atoms with Crippen LogP contribution in [0, 0.1) is 23.0 Å². The van der Waals surface area contributed by atoms with E-state index in [1.54, 1.807) is 0 Å². The van der Waals surface area contributed by atoms with Gasteiger partial charge >= 0.3 is 0 Å². The Morgan fingerprint density at radius 2 is 2.18 bits per heavy atom. The number of nitrogen functional groups attached to an aromatic ring is 1. The zero-order chi connectivity index (χ0) is 15.9. The summed E-state index contributed by atoms with van der Waals surface area (Å²) in [6.45, 7) is 0.971. The van der Waals surface area contributed by atoms with Gasteiger partial charge in [0.25, 0.3) is 0 Å². The lowest BCUT2D eigenvalue weighted by atomic mass is 10.1. The van der Waals surface area contributed by atoms with Crippen molar-refractivity contribution in [2.45, 2.75) is 12.5 Å². The lowest BCUT2D eigenvalue weighted by Gasteiger charge is -2.09. The Morgan fingerprint density at radius 1 is 1.41 bits per heavy atom. The van der Waals surface area contributed by atoms with Crippen molar-refractivity contribution < 1.29 is 13.5 Å². The Bertz CT molecular complexity index is 778. The summed E-state index contributed by atoms with van der Waals surface area (Å²) in [5.41, 5.74) is 5.79. The molecule has 1 aliphatic rings. The molecular weight excluding hydrogens is 314 g/mol. The van der Waals surface area contributed by atoms with E-state index >= 15 is 0 Å². The summed E-state index contributed by atoms with van der Waals surface area (Å²) in [6, 6.07) is 3.53. The molecule has 1 saturated heterocycles. The first-order valence-electron chi connectivity index (χ1n) is 6.53. The summed E-state index contributed by atoms with van der Waals surface area (Å²) in [7, 11) is 0. The van der Waals surface area contributed by atoms with Crippen molar-refractivity contribution in [1.29, 1.82) is 5.26 Å². The predicted molar refractivity (Wildman–Crippen MR) is 76.2 cm³/mol. The van der Waals surface area contributed by atoms with Gasteiger partial charge in [-0.1, -0.05) is 11.6 Å². The summed E-state index contributed by atoms with van der Waals surface area (Å²) in [6.07, 6.45) is 0.688. The Balaban J connectivity index is 2.17. The van der Waals surface area contributed by atoms with Crippen molar-refractivity contribution in [3.8, 4) is 17.3 Å². The number of nitriles is 1. The van der Waals surface area contributed by atoms with E-state index in [-0.39, 0.29) is 33.7 Å². The van der Waals surface area contributed by atoms with Crippen molar-refractivity contribution in [2.24, 2.45) is 0 Å². The van der Waals surface area contributed by atoms with E-state index in [0.717, 1.165) is 12.1 Å². The lowest BCUT2D eigenvalue weighted by Crippen LogP contribution is -2.13. The topological polar surface area (TPSA) is 76.9 Å². The second-order valence-corrected chi connectivity index (χ2v) is 5.34. The number of hydrogen-bond acceptors (Lipinski definition) is 4. The fourth-order valence-corrected chi connectivity index (χ4v) is 2.59. The van der Waals surface area contributed by atoms with Gasteiger partial charge in [-0.3, -0.25) is 0 Å². The molecule has 2 heterocycles. The van der Waals surface area contributed by atoms with Crippen molar-refractivity contribution in [3.63, 3.8) is 0 Å². The van der Waals surface area contributed by atoms with Crippen LogP contribution in [0.15, 0.2) is 12.1 Å². The SMILES string of the molecule is N#Cc1c(-c2cc(F)c(Cl)cc2F)nn(C2CCOC2)c1N. The van der Waals surface area contributed by atoms with Crippen LogP contribution in [0.25, 0.3) is 11.3 Å². The molecule has 0 saturated carbocycles. The molecule has 0 radical (unpaired) electrons. The maximum absolute atomic E-state index is 14.1. The first kappa shape index (κ1) is 14.8. The smallest absolute Gasteiger partial charge is 0.142 e. The molecule has 22 heavy (non-hydrogen) atoms. The van der Waals surface area contributed by atoms with Gasteiger partial charge in [0.2, 0.25) is 0 Å². The third-order valence-electron chi connectivity index (χ3n) is 3.58. The number of halogens is 3. The van der Waals surface area contributed by atoms with Crippen LogP contribution >= 0.6 is 11.6 Å². The number of anilines is 1. The molecule has 5 nitrogen and oxygen atoms in total. The van der Waals surface area contributed by atoms with Gasteiger partial charge in [0.15, 0.2) is 0 Å². The number of nitrogens with zero attached hydrogens (tertiary/aromatic N) is 3. The molecule has 1 unspecified atom stereocenters. The van der Waals surface area contributed by atoms with E-state index in [4.69, 9.17) is 22.1 Å². The zero-order valence-electron chi connectivity index (χ0n) is 11.3. The summed E-state index contributed by atoms with van der Waals surface area (Å²) in [5.74, 6) is -1.45. The molecule has 1 fully saturated rings. The fourth-order valence-electron chi connectivity index (χ4n) is 2.44. The van der Waals surface area contributed by atoms with Crippen LogP contribution in [0.3, 0.4) is 0 Å². The maximum Gasteiger partial charge on any atom is 0.142 e. The molecule has 1 aromatic carbocycles. The molecule has 1 aromatic heterocycles. The molecule has 1 atom stereocenters. The molecule has 0 spiro atoms. The average molecular weight is 325 g/mol. The lowest BCUT2D eigenvalue weighted by molar-refractivity contribution is 0.185. The molecule has 0 aliphatic carbocycles. The largest absolute Gasteiger partial charge is 0.383 e. The van der Waals surface area contributed by atoms with E-state index in [2.05, 4.69) is 5.10 Å². The van der Waals surface area contributed by atoms with Gasteiger partial charge in [-0.05, 0) is 18.6 Å². The van der Waals surface area contributed by atoms with Gasteiger partial charge in [0.1, 0.15) is 34.8 Å². The summed E-state index contributed by atoms with van der Waals surface area (Å²) >= 11 is 5.54. The molecule has 1 aliphatic heterocycles. The van der Waals surface area contributed by atoms with Gasteiger partial charge in [0.05, 0.1) is 17.7 Å². The molecular formula is C14H11ClF2N4O. The second-order valence-electron chi connectivity index (χ2n) is 4.93. The predicted octanol–water partition coefficient (Wildman–Crippen LogP) is 2.90. The zero-order valence-corrected chi connectivity index (χ0v) is 12.1. The highest BCUT2D eigenvalue weighted by molar-refractivity contribution is 6.30. The molecule has 2 N–H and O–H groups in total. The first-order valence-corrected chi connectivity index (χ1v) is 6.91. The summed E-state index contributed by atoms with van der Waals surface area (Å²) in [4.78, 5) is 0. The quantitative estimate of drug-likeness (QED) is 0.862. The van der Waals surface area contributed by atoms with E-state index < -0.39 is 11.6 Å². The van der Waals surface area contributed by atoms with Crippen molar-refractivity contribution >= 4 is 17.4 Å². The standard InChI is InChI=1S/C14H11ClF2N4O/c15-10-4-11(16)8(3-12(10)17)13-9(5-18)14(19)21(20-13)7-1-2-22-6-7/h3-4,7H,1-2,6,19H2. The summed E-state index contributed by atoms with van der Waals surface area (Å²) < 4.78 is 34.4. The fraction of sp³-hybridized carbons (Fsp3) is 0.286. The average Bonchev–Trinajstić information content (AvgIpc) is 3.10. The number of hydrogen-bond donors (Lipinski definition) is 1. The highest BCUT2D eigenvalue weighted by Crippen LogP contribution is 2.34. The number of benzene rings is 1. The molecule has 3 rings (SSSR count). The van der Waals surface area contributed by atoms with E-state index in [9.17, 15) is 14.0 Å². The van der Waals surface area contributed by atoms with Crippen LogP contribution in [-0.4, -0.2) is 23.0 Å². The molecule has 0 bridgehead atoms. The number of ether oxygens (including phenoxy) is 1. The normalized spacial score (nSPS) is 17.6. The molecule has 2 aromatic rings. The van der Waals surface area contributed by atoms with Crippen molar-refractivity contribution in [3.05, 3.63) is 34.4 Å². The van der Waals surface area contributed by atoms with Crippen LogP contribution in [-0.2, 0) is 4.74 Å². The van der Waals surface area contributed by atoms with E-state index in [1.165, 1.54) is 4.68 Å². The minimum atomic E-state index is -0.792. The number of nitrogens with two attached hydrogens (primary N) is 1. The van der Waals surface area contributed by atoms with Gasteiger partial charge < -0.3 is 10.5 Å². The van der Waals surface area contributed by atoms with Gasteiger partial charge in [-0.2, -0.15) is 10.4 Å². The monoisotopic (exact) mass is 324 g/mol. The van der Waals surface area contributed by atoms with Crippen molar-refractivity contribution in [1.82, 2.24) is 9.78 Å².